The lowest BCUT2D eigenvalue weighted by atomic mass is 10.1. The molecule has 1 atom stereocenters. The summed E-state index contributed by atoms with van der Waals surface area (Å²) in [5, 5.41) is 5.36. The Labute approximate surface area is 113 Å². The molecule has 1 aromatic heterocycles. The van der Waals surface area contributed by atoms with Crippen LogP contribution in [0.1, 0.15) is 18.2 Å². The molecule has 1 aromatic rings. The maximum absolute atomic E-state index is 12.0. The van der Waals surface area contributed by atoms with Crippen molar-refractivity contribution in [1.29, 1.82) is 0 Å². The molecule has 1 aliphatic heterocycles. The van der Waals surface area contributed by atoms with Crippen LogP contribution in [0.5, 0.6) is 0 Å². The third kappa shape index (κ3) is 3.98. The number of nitrogens with zero attached hydrogens (tertiary/aromatic N) is 1. The molecule has 0 aromatic carbocycles. The fraction of sp³-hybridized carbons (Fsp3) is 0.583. The van der Waals surface area contributed by atoms with Gasteiger partial charge in [-0.15, -0.1) is 23.7 Å². The minimum atomic E-state index is 0. The third-order valence-corrected chi connectivity index (χ3v) is 3.92. The molecule has 0 spiro atoms. The molecule has 0 bridgehead atoms. The van der Waals surface area contributed by atoms with Crippen molar-refractivity contribution in [3.8, 4) is 0 Å². The van der Waals surface area contributed by atoms with E-state index in [2.05, 4.69) is 23.7 Å². The molecule has 1 saturated heterocycles. The van der Waals surface area contributed by atoms with Crippen molar-refractivity contribution in [2.24, 2.45) is 0 Å². The fourth-order valence-corrected chi connectivity index (χ4v) is 2.75. The number of amides is 1. The average Bonchev–Trinajstić information content (AvgIpc) is 2.79. The van der Waals surface area contributed by atoms with E-state index in [4.69, 9.17) is 0 Å². The van der Waals surface area contributed by atoms with Crippen molar-refractivity contribution in [1.82, 2.24) is 10.2 Å². The summed E-state index contributed by atoms with van der Waals surface area (Å²) in [4.78, 5) is 15.3. The molecule has 3 nitrogen and oxygen atoms in total. The second kappa shape index (κ2) is 6.99. The van der Waals surface area contributed by atoms with Crippen LogP contribution >= 0.6 is 23.7 Å². The van der Waals surface area contributed by atoms with Gasteiger partial charge in [-0.1, -0.05) is 6.07 Å². The van der Waals surface area contributed by atoms with E-state index in [1.165, 1.54) is 4.88 Å². The van der Waals surface area contributed by atoms with E-state index in [9.17, 15) is 4.79 Å². The van der Waals surface area contributed by atoms with Gasteiger partial charge in [0.05, 0.1) is 0 Å². The summed E-state index contributed by atoms with van der Waals surface area (Å²) < 4.78 is 0. The quantitative estimate of drug-likeness (QED) is 0.913. The number of aryl methyl sites for hydroxylation is 1. The Morgan fingerprint density at radius 1 is 1.65 bits per heavy atom. The predicted octanol–water partition coefficient (Wildman–Crippen LogP) is 1.92. The Kier molecular flexibility index (Phi) is 5.95. The van der Waals surface area contributed by atoms with Crippen LogP contribution in [-0.2, 0) is 11.2 Å². The maximum atomic E-state index is 12.0. The average molecular weight is 275 g/mol. The highest BCUT2D eigenvalue weighted by Crippen LogP contribution is 2.13. The van der Waals surface area contributed by atoms with E-state index in [1.54, 1.807) is 11.3 Å². The monoisotopic (exact) mass is 274 g/mol. The molecular formula is C12H19ClN2OS. The van der Waals surface area contributed by atoms with Crippen molar-refractivity contribution < 1.29 is 4.79 Å². The zero-order chi connectivity index (χ0) is 11.4. The van der Waals surface area contributed by atoms with Crippen molar-refractivity contribution in [3.63, 3.8) is 0 Å². The lowest BCUT2D eigenvalue weighted by Crippen LogP contribution is -2.52. The van der Waals surface area contributed by atoms with Gasteiger partial charge in [0.25, 0.3) is 0 Å². The van der Waals surface area contributed by atoms with Gasteiger partial charge in [-0.3, -0.25) is 4.79 Å². The molecule has 1 amide bonds. The molecule has 2 heterocycles. The number of hydrogen-bond acceptors (Lipinski definition) is 3. The Hall–Kier alpha value is -0.580. The lowest BCUT2D eigenvalue weighted by molar-refractivity contribution is -0.133. The normalized spacial score (nSPS) is 19.8. The molecule has 0 radical (unpaired) electrons. The molecule has 0 saturated carbocycles. The summed E-state index contributed by atoms with van der Waals surface area (Å²) in [7, 11) is 0. The van der Waals surface area contributed by atoms with Gasteiger partial charge in [-0.25, -0.2) is 0 Å². The predicted molar refractivity (Wildman–Crippen MR) is 73.9 cm³/mol. The molecule has 0 unspecified atom stereocenters. The van der Waals surface area contributed by atoms with Crippen molar-refractivity contribution in [2.75, 3.05) is 19.6 Å². The first-order valence-electron chi connectivity index (χ1n) is 5.80. The molecule has 1 aliphatic rings. The van der Waals surface area contributed by atoms with Crippen LogP contribution in [0.15, 0.2) is 17.5 Å². The van der Waals surface area contributed by atoms with Crippen LogP contribution < -0.4 is 5.32 Å². The van der Waals surface area contributed by atoms with Crippen LogP contribution in [0, 0.1) is 0 Å². The molecular weight excluding hydrogens is 256 g/mol. The summed E-state index contributed by atoms with van der Waals surface area (Å²) in [5.41, 5.74) is 0. The third-order valence-electron chi connectivity index (χ3n) is 2.99. The Morgan fingerprint density at radius 2 is 2.47 bits per heavy atom. The Morgan fingerprint density at radius 3 is 3.12 bits per heavy atom. The van der Waals surface area contributed by atoms with Crippen LogP contribution in [0.25, 0.3) is 0 Å². The first-order valence-corrected chi connectivity index (χ1v) is 6.68. The second-order valence-corrected chi connectivity index (χ2v) is 5.25. The van der Waals surface area contributed by atoms with Gasteiger partial charge in [-0.2, -0.15) is 0 Å². The van der Waals surface area contributed by atoms with E-state index >= 15 is 0 Å². The van der Waals surface area contributed by atoms with Gasteiger partial charge >= 0.3 is 0 Å². The summed E-state index contributed by atoms with van der Waals surface area (Å²) >= 11 is 1.73. The van der Waals surface area contributed by atoms with Crippen molar-refractivity contribution in [2.45, 2.75) is 25.8 Å². The second-order valence-electron chi connectivity index (χ2n) is 4.22. The molecule has 0 aliphatic carbocycles. The van der Waals surface area contributed by atoms with Crippen LogP contribution in [0.4, 0.5) is 0 Å². The Balaban J connectivity index is 0.00000144. The first kappa shape index (κ1) is 14.5. The van der Waals surface area contributed by atoms with Gasteiger partial charge in [-0.05, 0) is 24.8 Å². The van der Waals surface area contributed by atoms with E-state index in [-0.39, 0.29) is 12.4 Å². The van der Waals surface area contributed by atoms with Crippen LogP contribution in [-0.4, -0.2) is 36.5 Å². The van der Waals surface area contributed by atoms with E-state index in [1.807, 2.05) is 11.0 Å². The standard InChI is InChI=1S/C12H18N2OS.ClH/c1-10-9-13-6-7-14(10)12(15)5-4-11-3-2-8-16-11;/h2-3,8,10,13H,4-7,9H2,1H3;1H/t10-;/m0./s1. The minimum Gasteiger partial charge on any atom is -0.337 e. The van der Waals surface area contributed by atoms with Gasteiger partial charge in [0.15, 0.2) is 0 Å². The zero-order valence-corrected chi connectivity index (χ0v) is 11.6. The molecule has 2 rings (SSSR count). The number of thiophene rings is 1. The smallest absolute Gasteiger partial charge is 0.223 e. The number of halogens is 1. The highest BCUT2D eigenvalue weighted by molar-refractivity contribution is 7.09. The SMILES string of the molecule is C[C@H]1CNCCN1C(=O)CCc1cccs1.Cl. The molecule has 5 heteroatoms. The highest BCUT2D eigenvalue weighted by atomic mass is 35.5. The molecule has 1 fully saturated rings. The number of carbonyl (C=O) groups is 1. The summed E-state index contributed by atoms with van der Waals surface area (Å²) in [6, 6.07) is 4.47. The van der Waals surface area contributed by atoms with Gasteiger partial charge in [0.2, 0.25) is 5.91 Å². The van der Waals surface area contributed by atoms with Crippen molar-refractivity contribution in [3.05, 3.63) is 22.4 Å². The molecule has 1 N–H and O–H groups in total. The van der Waals surface area contributed by atoms with Gasteiger partial charge in [0.1, 0.15) is 0 Å². The number of nitrogens with one attached hydrogen (secondary N) is 1. The Bertz CT molecular complexity index is 342. The largest absolute Gasteiger partial charge is 0.337 e. The summed E-state index contributed by atoms with van der Waals surface area (Å²) in [5.74, 6) is 0.294. The van der Waals surface area contributed by atoms with Crippen LogP contribution in [0.3, 0.4) is 0 Å². The van der Waals surface area contributed by atoms with E-state index < -0.39 is 0 Å². The fourth-order valence-electron chi connectivity index (χ4n) is 2.04. The van der Waals surface area contributed by atoms with E-state index in [0.717, 1.165) is 26.1 Å². The van der Waals surface area contributed by atoms with E-state index in [0.29, 0.717) is 18.4 Å². The number of hydrogen-bond donors (Lipinski definition) is 1. The topological polar surface area (TPSA) is 32.3 Å². The van der Waals surface area contributed by atoms with Gasteiger partial charge in [0, 0.05) is 37.0 Å². The maximum Gasteiger partial charge on any atom is 0.223 e. The van der Waals surface area contributed by atoms with Crippen LogP contribution in [0.2, 0.25) is 0 Å². The zero-order valence-electron chi connectivity index (χ0n) is 10.0. The van der Waals surface area contributed by atoms with Gasteiger partial charge < -0.3 is 10.2 Å². The summed E-state index contributed by atoms with van der Waals surface area (Å²) in [6.45, 7) is 4.81. The summed E-state index contributed by atoms with van der Waals surface area (Å²) in [6.07, 6.45) is 1.53. The van der Waals surface area contributed by atoms with Crippen molar-refractivity contribution >= 4 is 29.7 Å². The number of rotatable bonds is 3. The first-order chi connectivity index (χ1) is 7.77. The molecule has 17 heavy (non-hydrogen) atoms. The highest BCUT2D eigenvalue weighted by Gasteiger charge is 2.22. The minimum absolute atomic E-state index is 0. The number of carbonyl (C=O) groups excluding carboxylic acids is 1. The number of piperazine rings is 1. The lowest BCUT2D eigenvalue weighted by Gasteiger charge is -2.34. The molecule has 96 valence electrons.